The Kier molecular flexibility index (Phi) is 4.48. The van der Waals surface area contributed by atoms with Crippen molar-refractivity contribution in [2.45, 2.75) is 71.3 Å². The summed E-state index contributed by atoms with van der Waals surface area (Å²) in [6.45, 7) is 8.35. The third-order valence-corrected chi connectivity index (χ3v) is 3.90. The van der Waals surface area contributed by atoms with Gasteiger partial charge in [-0.15, -0.1) is 0 Å². The maximum absolute atomic E-state index is 5.60. The predicted octanol–water partition coefficient (Wildman–Crippen LogP) is 3.11. The molecule has 0 radical (unpaired) electrons. The summed E-state index contributed by atoms with van der Waals surface area (Å²) in [4.78, 5) is 9.26. The van der Waals surface area contributed by atoms with Crippen molar-refractivity contribution in [1.82, 2.24) is 9.97 Å². The number of nitrogen functional groups attached to an aromatic ring is 1. The summed E-state index contributed by atoms with van der Waals surface area (Å²) in [5, 5.41) is 3.59. The van der Waals surface area contributed by atoms with E-state index in [-0.39, 0.29) is 5.41 Å². The van der Waals surface area contributed by atoms with Gasteiger partial charge in [0.2, 0.25) is 0 Å². The van der Waals surface area contributed by atoms with Crippen LogP contribution in [0.1, 0.15) is 64.3 Å². The zero-order valence-electron chi connectivity index (χ0n) is 13.1. The van der Waals surface area contributed by atoms with Crippen molar-refractivity contribution < 1.29 is 0 Å². The standard InChI is InChI=1S/C15H27N5/c1-10-12(17-11-8-6-5-7-9-11)18-14(15(2,3)4)19-13(10)20-16/h11H,5-9,16H2,1-4H3,(H2,17,18,19,20). The van der Waals surface area contributed by atoms with E-state index >= 15 is 0 Å². The van der Waals surface area contributed by atoms with Gasteiger partial charge in [0.25, 0.3) is 0 Å². The zero-order chi connectivity index (χ0) is 14.8. The Bertz CT molecular complexity index is 458. The highest BCUT2D eigenvalue weighted by Crippen LogP contribution is 2.28. The maximum atomic E-state index is 5.60. The van der Waals surface area contributed by atoms with Crippen LogP contribution in [0.2, 0.25) is 0 Å². The summed E-state index contributed by atoms with van der Waals surface area (Å²) in [5.41, 5.74) is 3.59. The van der Waals surface area contributed by atoms with Crippen LogP contribution in [0.15, 0.2) is 0 Å². The van der Waals surface area contributed by atoms with Crippen LogP contribution in [0.5, 0.6) is 0 Å². The number of rotatable bonds is 3. The second-order valence-corrected chi connectivity index (χ2v) is 6.74. The predicted molar refractivity (Wildman–Crippen MR) is 83.8 cm³/mol. The van der Waals surface area contributed by atoms with Gasteiger partial charge in [-0.2, -0.15) is 0 Å². The Labute approximate surface area is 121 Å². The summed E-state index contributed by atoms with van der Waals surface area (Å²) in [6.07, 6.45) is 6.40. The van der Waals surface area contributed by atoms with E-state index in [2.05, 4.69) is 36.5 Å². The molecule has 0 aliphatic heterocycles. The number of anilines is 2. The second kappa shape index (κ2) is 5.95. The normalized spacial score (nSPS) is 17.1. The fourth-order valence-corrected chi connectivity index (χ4v) is 2.57. The number of nitrogens with one attached hydrogen (secondary N) is 2. The van der Waals surface area contributed by atoms with Crippen LogP contribution in [-0.2, 0) is 5.41 Å². The molecule has 1 aromatic rings. The summed E-state index contributed by atoms with van der Waals surface area (Å²) < 4.78 is 0. The van der Waals surface area contributed by atoms with Gasteiger partial charge in [0.1, 0.15) is 17.5 Å². The molecular formula is C15H27N5. The summed E-state index contributed by atoms with van der Waals surface area (Å²) >= 11 is 0. The second-order valence-electron chi connectivity index (χ2n) is 6.74. The Hall–Kier alpha value is -1.36. The van der Waals surface area contributed by atoms with Crippen LogP contribution in [0.3, 0.4) is 0 Å². The lowest BCUT2D eigenvalue weighted by atomic mass is 9.94. The first kappa shape index (κ1) is 15.0. The molecule has 0 spiro atoms. The monoisotopic (exact) mass is 277 g/mol. The molecule has 1 aromatic heterocycles. The molecule has 1 fully saturated rings. The first-order chi connectivity index (χ1) is 9.41. The van der Waals surface area contributed by atoms with Crippen LogP contribution < -0.4 is 16.6 Å². The maximum Gasteiger partial charge on any atom is 0.148 e. The number of nitrogens with two attached hydrogens (primary N) is 1. The van der Waals surface area contributed by atoms with Crippen LogP contribution in [0.4, 0.5) is 11.6 Å². The lowest BCUT2D eigenvalue weighted by Gasteiger charge is -2.26. The molecule has 4 N–H and O–H groups in total. The third-order valence-electron chi connectivity index (χ3n) is 3.90. The summed E-state index contributed by atoms with van der Waals surface area (Å²) in [5.74, 6) is 8.04. The quantitative estimate of drug-likeness (QED) is 0.584. The molecule has 1 aliphatic rings. The average molecular weight is 277 g/mol. The van der Waals surface area contributed by atoms with E-state index in [1.165, 1.54) is 32.1 Å². The lowest BCUT2D eigenvalue weighted by Crippen LogP contribution is -2.26. The highest BCUT2D eigenvalue weighted by atomic mass is 15.3. The minimum atomic E-state index is -0.0949. The van der Waals surface area contributed by atoms with Crippen LogP contribution >= 0.6 is 0 Å². The molecular weight excluding hydrogens is 250 g/mol. The number of aromatic nitrogens is 2. The number of hydrogen-bond donors (Lipinski definition) is 3. The Morgan fingerprint density at radius 2 is 1.65 bits per heavy atom. The summed E-state index contributed by atoms with van der Waals surface area (Å²) in [7, 11) is 0. The largest absolute Gasteiger partial charge is 0.367 e. The number of hydrazine groups is 1. The fraction of sp³-hybridized carbons (Fsp3) is 0.733. The molecule has 1 saturated carbocycles. The molecule has 1 aliphatic carbocycles. The first-order valence-corrected chi connectivity index (χ1v) is 7.54. The van der Waals surface area contributed by atoms with E-state index in [4.69, 9.17) is 10.8 Å². The fourth-order valence-electron chi connectivity index (χ4n) is 2.57. The number of hydrogen-bond acceptors (Lipinski definition) is 5. The molecule has 0 unspecified atom stereocenters. The Morgan fingerprint density at radius 3 is 2.20 bits per heavy atom. The van der Waals surface area contributed by atoms with Gasteiger partial charge in [-0.05, 0) is 19.8 Å². The molecule has 5 heteroatoms. The van der Waals surface area contributed by atoms with E-state index in [0.29, 0.717) is 11.9 Å². The molecule has 0 saturated heterocycles. The van der Waals surface area contributed by atoms with Gasteiger partial charge < -0.3 is 10.7 Å². The number of nitrogens with zero attached hydrogens (tertiary/aromatic N) is 2. The molecule has 112 valence electrons. The zero-order valence-corrected chi connectivity index (χ0v) is 13.1. The highest BCUT2D eigenvalue weighted by Gasteiger charge is 2.22. The van der Waals surface area contributed by atoms with Crippen molar-refractivity contribution in [2.24, 2.45) is 5.84 Å². The van der Waals surface area contributed by atoms with E-state index in [1.54, 1.807) is 0 Å². The smallest absolute Gasteiger partial charge is 0.148 e. The molecule has 0 bridgehead atoms. The van der Waals surface area contributed by atoms with Crippen molar-refractivity contribution in [3.63, 3.8) is 0 Å². The first-order valence-electron chi connectivity index (χ1n) is 7.54. The Morgan fingerprint density at radius 1 is 1.05 bits per heavy atom. The van der Waals surface area contributed by atoms with Gasteiger partial charge in [0.15, 0.2) is 0 Å². The van der Waals surface area contributed by atoms with Gasteiger partial charge in [0.05, 0.1) is 0 Å². The molecule has 0 aromatic carbocycles. The Balaban J connectivity index is 2.30. The molecule has 20 heavy (non-hydrogen) atoms. The van der Waals surface area contributed by atoms with Crippen molar-refractivity contribution in [3.05, 3.63) is 11.4 Å². The molecule has 0 amide bonds. The van der Waals surface area contributed by atoms with E-state index in [0.717, 1.165) is 17.2 Å². The molecule has 1 heterocycles. The lowest BCUT2D eigenvalue weighted by molar-refractivity contribution is 0.460. The van der Waals surface area contributed by atoms with Crippen molar-refractivity contribution in [1.29, 1.82) is 0 Å². The van der Waals surface area contributed by atoms with E-state index in [9.17, 15) is 0 Å². The molecule has 2 rings (SSSR count). The van der Waals surface area contributed by atoms with Gasteiger partial charge >= 0.3 is 0 Å². The van der Waals surface area contributed by atoms with E-state index in [1.807, 2.05) is 6.92 Å². The van der Waals surface area contributed by atoms with E-state index < -0.39 is 0 Å². The minimum Gasteiger partial charge on any atom is -0.367 e. The van der Waals surface area contributed by atoms with Crippen LogP contribution in [0, 0.1) is 6.92 Å². The minimum absolute atomic E-state index is 0.0949. The topological polar surface area (TPSA) is 75.9 Å². The van der Waals surface area contributed by atoms with Crippen LogP contribution in [-0.4, -0.2) is 16.0 Å². The van der Waals surface area contributed by atoms with Gasteiger partial charge in [-0.25, -0.2) is 15.8 Å². The summed E-state index contributed by atoms with van der Waals surface area (Å²) in [6, 6.07) is 0.524. The third kappa shape index (κ3) is 3.39. The van der Waals surface area contributed by atoms with Crippen molar-refractivity contribution in [3.8, 4) is 0 Å². The highest BCUT2D eigenvalue weighted by molar-refractivity contribution is 5.57. The molecule has 5 nitrogen and oxygen atoms in total. The van der Waals surface area contributed by atoms with Gasteiger partial charge in [0, 0.05) is 17.0 Å². The molecule has 0 atom stereocenters. The van der Waals surface area contributed by atoms with Crippen molar-refractivity contribution >= 4 is 11.6 Å². The van der Waals surface area contributed by atoms with Gasteiger partial charge in [-0.1, -0.05) is 40.0 Å². The van der Waals surface area contributed by atoms with Crippen LogP contribution in [0.25, 0.3) is 0 Å². The van der Waals surface area contributed by atoms with Crippen molar-refractivity contribution in [2.75, 3.05) is 10.7 Å². The average Bonchev–Trinajstić information content (AvgIpc) is 2.41. The van der Waals surface area contributed by atoms with Gasteiger partial charge in [-0.3, -0.25) is 0 Å². The SMILES string of the molecule is Cc1c(NN)nc(C(C)(C)C)nc1NC1CCCCC1.